The molecule has 0 aliphatic heterocycles. The fourth-order valence-corrected chi connectivity index (χ4v) is 2.50. The van der Waals surface area contributed by atoms with E-state index in [1.807, 2.05) is 43.3 Å². The quantitative estimate of drug-likeness (QED) is 0.556. The van der Waals surface area contributed by atoms with Gasteiger partial charge in [0, 0.05) is 27.4 Å². The van der Waals surface area contributed by atoms with Gasteiger partial charge < -0.3 is 4.98 Å². The molecule has 0 spiro atoms. The number of H-pyrrole nitrogens is 1. The van der Waals surface area contributed by atoms with Crippen molar-refractivity contribution in [3.05, 3.63) is 48.0 Å². The van der Waals surface area contributed by atoms with Crippen LogP contribution in [0.2, 0.25) is 0 Å². The molecule has 0 amide bonds. The van der Waals surface area contributed by atoms with Gasteiger partial charge in [0.1, 0.15) is 0 Å². The molecule has 1 heterocycles. The Balaban J connectivity index is 2.24. The maximum Gasteiger partial charge on any atom is 0.176 e. The summed E-state index contributed by atoms with van der Waals surface area (Å²) in [6, 6.07) is 14.0. The molecule has 1 atom stereocenters. The van der Waals surface area contributed by atoms with Gasteiger partial charge in [-0.2, -0.15) is 0 Å². The third kappa shape index (κ3) is 1.75. The van der Waals surface area contributed by atoms with Crippen molar-refractivity contribution in [1.82, 2.24) is 4.98 Å². The van der Waals surface area contributed by atoms with E-state index >= 15 is 0 Å². The molecule has 1 aromatic heterocycles. The smallest absolute Gasteiger partial charge is 0.176 e. The fraction of sp³-hybridized carbons (Fsp3) is 0.133. The molecule has 1 unspecified atom stereocenters. The monoisotopic (exact) mass is 301 g/mol. The van der Waals surface area contributed by atoms with Crippen LogP contribution in [0.3, 0.4) is 0 Å². The number of ketones is 1. The Morgan fingerprint density at radius 2 is 1.83 bits per heavy atom. The van der Waals surface area contributed by atoms with Crippen molar-refractivity contribution >= 4 is 43.5 Å². The summed E-state index contributed by atoms with van der Waals surface area (Å²) >= 11 is 3.32. The minimum Gasteiger partial charge on any atom is -0.354 e. The van der Waals surface area contributed by atoms with Crippen LogP contribution in [0.15, 0.2) is 42.5 Å². The summed E-state index contributed by atoms with van der Waals surface area (Å²) in [5.41, 5.74) is 2.85. The number of hydrogen-bond donors (Lipinski definition) is 1. The van der Waals surface area contributed by atoms with Gasteiger partial charge in [0.2, 0.25) is 0 Å². The molecular weight excluding hydrogens is 290 g/mol. The van der Waals surface area contributed by atoms with Crippen LogP contribution >= 0.6 is 15.9 Å². The van der Waals surface area contributed by atoms with E-state index in [0.717, 1.165) is 22.0 Å². The lowest BCUT2D eigenvalue weighted by molar-refractivity contribution is 0.0996. The maximum atomic E-state index is 11.9. The van der Waals surface area contributed by atoms with Crippen molar-refractivity contribution in [2.24, 2.45) is 0 Å². The molecule has 90 valence electrons. The number of para-hydroxylation sites is 1. The van der Waals surface area contributed by atoms with E-state index in [1.54, 1.807) is 0 Å². The number of aromatic amines is 1. The number of aromatic nitrogens is 1. The number of fused-ring (bicyclic) bond motifs is 3. The van der Waals surface area contributed by atoms with Crippen molar-refractivity contribution in [2.75, 3.05) is 0 Å². The topological polar surface area (TPSA) is 32.9 Å². The van der Waals surface area contributed by atoms with E-state index in [0.29, 0.717) is 0 Å². The number of nitrogens with one attached hydrogen (secondary N) is 1. The first-order valence-electron chi connectivity index (χ1n) is 5.85. The second-order valence-corrected chi connectivity index (χ2v) is 5.78. The number of Topliss-reactive ketones (excluding diaryl/α,β-unsaturated/α-hetero) is 1. The number of hydrogen-bond acceptors (Lipinski definition) is 1. The van der Waals surface area contributed by atoms with Gasteiger partial charge in [-0.3, -0.25) is 4.79 Å². The van der Waals surface area contributed by atoms with E-state index in [9.17, 15) is 4.79 Å². The molecule has 2 nitrogen and oxygen atoms in total. The molecule has 0 aliphatic rings. The summed E-state index contributed by atoms with van der Waals surface area (Å²) in [5, 5.41) is 2.35. The van der Waals surface area contributed by atoms with Crippen LogP contribution in [0.4, 0.5) is 0 Å². The molecule has 0 saturated heterocycles. The van der Waals surface area contributed by atoms with Crippen molar-refractivity contribution in [3.63, 3.8) is 0 Å². The molecule has 3 rings (SSSR count). The SMILES string of the molecule is CC(Br)C(=O)c1ccc2c(c1)[nH]c1ccccc12. The van der Waals surface area contributed by atoms with Crippen molar-refractivity contribution in [1.29, 1.82) is 0 Å². The molecule has 3 heteroatoms. The van der Waals surface area contributed by atoms with Gasteiger partial charge in [0.25, 0.3) is 0 Å². The third-order valence-corrected chi connectivity index (χ3v) is 3.57. The zero-order valence-electron chi connectivity index (χ0n) is 9.91. The van der Waals surface area contributed by atoms with Crippen molar-refractivity contribution < 1.29 is 4.79 Å². The Morgan fingerprint density at radius 3 is 2.61 bits per heavy atom. The number of carbonyl (C=O) groups excluding carboxylic acids is 1. The van der Waals surface area contributed by atoms with Gasteiger partial charge >= 0.3 is 0 Å². The van der Waals surface area contributed by atoms with Crippen LogP contribution in [0.25, 0.3) is 21.8 Å². The van der Waals surface area contributed by atoms with E-state index in [4.69, 9.17) is 0 Å². The van der Waals surface area contributed by atoms with Crippen LogP contribution in [0.1, 0.15) is 17.3 Å². The number of alkyl halides is 1. The first-order valence-corrected chi connectivity index (χ1v) is 6.77. The first-order chi connectivity index (χ1) is 8.66. The number of halogens is 1. The molecule has 3 aromatic rings. The minimum atomic E-state index is -0.153. The van der Waals surface area contributed by atoms with E-state index in [2.05, 4.69) is 27.0 Å². The minimum absolute atomic E-state index is 0.107. The summed E-state index contributed by atoms with van der Waals surface area (Å²) < 4.78 is 0. The van der Waals surface area contributed by atoms with Crippen molar-refractivity contribution in [2.45, 2.75) is 11.8 Å². The lowest BCUT2D eigenvalue weighted by Crippen LogP contribution is -2.09. The van der Waals surface area contributed by atoms with Gasteiger partial charge in [-0.25, -0.2) is 0 Å². The van der Waals surface area contributed by atoms with Crippen LogP contribution in [-0.4, -0.2) is 15.6 Å². The summed E-state index contributed by atoms with van der Waals surface area (Å²) in [7, 11) is 0. The molecule has 0 aliphatic carbocycles. The molecule has 2 aromatic carbocycles. The molecule has 0 radical (unpaired) electrons. The molecule has 0 saturated carbocycles. The van der Waals surface area contributed by atoms with E-state index in [1.165, 1.54) is 5.39 Å². The molecule has 0 bridgehead atoms. The highest BCUT2D eigenvalue weighted by Gasteiger charge is 2.13. The average Bonchev–Trinajstić information content (AvgIpc) is 2.75. The molecule has 0 fully saturated rings. The zero-order valence-corrected chi connectivity index (χ0v) is 11.5. The lowest BCUT2D eigenvalue weighted by Gasteiger charge is -2.02. The van der Waals surface area contributed by atoms with E-state index in [-0.39, 0.29) is 10.6 Å². The summed E-state index contributed by atoms with van der Waals surface area (Å²) in [6.07, 6.45) is 0. The predicted molar refractivity (Wildman–Crippen MR) is 78.5 cm³/mol. The Morgan fingerprint density at radius 1 is 1.11 bits per heavy atom. The van der Waals surface area contributed by atoms with Gasteiger partial charge in [-0.05, 0) is 19.1 Å². The zero-order chi connectivity index (χ0) is 12.7. The normalized spacial score (nSPS) is 13.0. The van der Waals surface area contributed by atoms with E-state index < -0.39 is 0 Å². The van der Waals surface area contributed by atoms with Crippen LogP contribution < -0.4 is 0 Å². The van der Waals surface area contributed by atoms with Gasteiger partial charge in [0.05, 0.1) is 4.83 Å². The third-order valence-electron chi connectivity index (χ3n) is 3.15. The van der Waals surface area contributed by atoms with Gasteiger partial charge in [-0.1, -0.05) is 46.3 Å². The molecular formula is C15H12BrNO. The Bertz CT molecular complexity index is 742. The standard InChI is InChI=1S/C15H12BrNO/c1-9(16)15(18)10-6-7-12-11-4-2-3-5-13(11)17-14(12)8-10/h2-9,17H,1H3. The summed E-state index contributed by atoms with van der Waals surface area (Å²) in [5.74, 6) is 0.107. The number of rotatable bonds is 2. The van der Waals surface area contributed by atoms with Gasteiger partial charge in [0.15, 0.2) is 5.78 Å². The first kappa shape index (κ1) is 11.5. The number of carbonyl (C=O) groups is 1. The van der Waals surface area contributed by atoms with Crippen molar-refractivity contribution in [3.8, 4) is 0 Å². The summed E-state index contributed by atoms with van der Waals surface area (Å²) in [6.45, 7) is 1.84. The van der Waals surface area contributed by atoms with Crippen LogP contribution in [-0.2, 0) is 0 Å². The highest BCUT2D eigenvalue weighted by molar-refractivity contribution is 9.10. The number of benzene rings is 2. The Kier molecular flexibility index (Phi) is 2.71. The Hall–Kier alpha value is -1.61. The maximum absolute atomic E-state index is 11.9. The second kappa shape index (κ2) is 4.25. The molecule has 1 N–H and O–H groups in total. The highest BCUT2D eigenvalue weighted by Crippen LogP contribution is 2.26. The fourth-order valence-electron chi connectivity index (χ4n) is 2.24. The summed E-state index contributed by atoms with van der Waals surface area (Å²) in [4.78, 5) is 15.1. The lowest BCUT2D eigenvalue weighted by atomic mass is 10.1. The largest absolute Gasteiger partial charge is 0.354 e. The van der Waals surface area contributed by atoms with Gasteiger partial charge in [-0.15, -0.1) is 0 Å². The molecule has 18 heavy (non-hydrogen) atoms. The Labute approximate surface area is 113 Å². The average molecular weight is 302 g/mol. The predicted octanol–water partition coefficient (Wildman–Crippen LogP) is 4.29. The highest BCUT2D eigenvalue weighted by atomic mass is 79.9. The van der Waals surface area contributed by atoms with Crippen LogP contribution in [0.5, 0.6) is 0 Å². The second-order valence-electron chi connectivity index (χ2n) is 4.41. The van der Waals surface area contributed by atoms with Crippen LogP contribution in [0, 0.1) is 0 Å².